The van der Waals surface area contributed by atoms with E-state index in [0.717, 1.165) is 40.8 Å². The number of guanidine groups is 1. The maximum absolute atomic E-state index is 13.1. The topological polar surface area (TPSA) is 80.9 Å². The first-order valence-corrected chi connectivity index (χ1v) is 9.82. The lowest BCUT2D eigenvalue weighted by atomic mass is 10.2. The highest BCUT2D eigenvalue weighted by Gasteiger charge is 2.13. The van der Waals surface area contributed by atoms with Crippen molar-refractivity contribution < 1.29 is 18.3 Å². The van der Waals surface area contributed by atoms with Gasteiger partial charge in [0, 0.05) is 25.1 Å². The van der Waals surface area contributed by atoms with Crippen molar-refractivity contribution >= 4 is 5.96 Å². The van der Waals surface area contributed by atoms with E-state index in [2.05, 4.69) is 20.6 Å². The lowest BCUT2D eigenvalue weighted by Crippen LogP contribution is -2.38. The highest BCUT2D eigenvalue weighted by Crippen LogP contribution is 2.32. The third-order valence-electron chi connectivity index (χ3n) is 4.52. The van der Waals surface area contributed by atoms with Gasteiger partial charge in [-0.25, -0.2) is 14.4 Å². The molecule has 0 fully saturated rings. The van der Waals surface area contributed by atoms with Gasteiger partial charge in [-0.05, 0) is 48.9 Å². The molecule has 0 radical (unpaired) electrons. The van der Waals surface area contributed by atoms with Gasteiger partial charge in [0.1, 0.15) is 12.1 Å². The maximum atomic E-state index is 13.1. The molecular formula is C22H23FN4O3. The van der Waals surface area contributed by atoms with Gasteiger partial charge in [0.25, 0.3) is 0 Å². The van der Waals surface area contributed by atoms with Crippen LogP contribution in [0.25, 0.3) is 11.5 Å². The van der Waals surface area contributed by atoms with E-state index in [-0.39, 0.29) is 12.6 Å². The summed E-state index contributed by atoms with van der Waals surface area (Å²) in [6.45, 7) is 4.19. The molecule has 2 N–H and O–H groups in total. The molecule has 1 aromatic heterocycles. The highest BCUT2D eigenvalue weighted by atomic mass is 19.1. The number of aliphatic imine (C=N–C) groups is 1. The number of halogens is 1. The summed E-state index contributed by atoms with van der Waals surface area (Å²) in [6, 6.07) is 11.9. The molecule has 7 nitrogen and oxygen atoms in total. The molecule has 30 heavy (non-hydrogen) atoms. The zero-order valence-corrected chi connectivity index (χ0v) is 16.7. The molecule has 0 atom stereocenters. The first-order chi connectivity index (χ1) is 14.7. The fraction of sp³-hybridized carbons (Fsp3) is 0.273. The molecule has 2 heterocycles. The van der Waals surface area contributed by atoms with Crippen LogP contribution in [0.1, 0.15) is 18.2 Å². The van der Waals surface area contributed by atoms with Crippen LogP contribution < -0.4 is 20.1 Å². The summed E-state index contributed by atoms with van der Waals surface area (Å²) in [4.78, 5) is 9.08. The predicted molar refractivity (Wildman–Crippen MR) is 111 cm³/mol. The largest absolute Gasteiger partial charge is 0.454 e. The van der Waals surface area contributed by atoms with Crippen molar-refractivity contribution in [3.05, 3.63) is 65.8 Å². The highest BCUT2D eigenvalue weighted by molar-refractivity contribution is 5.79. The zero-order valence-electron chi connectivity index (χ0n) is 16.7. The molecule has 0 unspecified atom stereocenters. The number of nitrogens with one attached hydrogen (secondary N) is 2. The molecule has 1 aliphatic rings. The number of ether oxygens (including phenoxy) is 2. The summed E-state index contributed by atoms with van der Waals surface area (Å²) in [7, 11) is 0. The monoisotopic (exact) mass is 410 g/mol. The lowest BCUT2D eigenvalue weighted by Gasteiger charge is -2.10. The summed E-state index contributed by atoms with van der Waals surface area (Å²) in [5.74, 6) is 2.43. The fourth-order valence-electron chi connectivity index (χ4n) is 3.01. The Morgan fingerprint density at radius 1 is 1.10 bits per heavy atom. The SMILES string of the molecule is CCNC(=NCc1ccc2c(c1)OCO2)NCCc1coc(-c2ccc(F)cc2)n1. The quantitative estimate of drug-likeness (QED) is 0.458. The van der Waals surface area contributed by atoms with E-state index in [4.69, 9.17) is 13.9 Å². The molecule has 0 saturated heterocycles. The van der Waals surface area contributed by atoms with Crippen molar-refractivity contribution in [1.82, 2.24) is 15.6 Å². The first kappa shape index (κ1) is 19.8. The average molecular weight is 410 g/mol. The summed E-state index contributed by atoms with van der Waals surface area (Å²) in [5.41, 5.74) is 2.60. The zero-order chi connectivity index (χ0) is 20.8. The second-order valence-electron chi connectivity index (χ2n) is 6.71. The Morgan fingerprint density at radius 3 is 2.77 bits per heavy atom. The van der Waals surface area contributed by atoms with Crippen LogP contribution in [0.15, 0.2) is 58.1 Å². The van der Waals surface area contributed by atoms with Gasteiger partial charge in [-0.2, -0.15) is 0 Å². The summed E-state index contributed by atoms with van der Waals surface area (Å²) < 4.78 is 29.3. The van der Waals surface area contributed by atoms with Crippen molar-refractivity contribution in [1.29, 1.82) is 0 Å². The van der Waals surface area contributed by atoms with E-state index >= 15 is 0 Å². The summed E-state index contributed by atoms with van der Waals surface area (Å²) >= 11 is 0. The van der Waals surface area contributed by atoms with Crippen molar-refractivity contribution in [2.75, 3.05) is 19.9 Å². The van der Waals surface area contributed by atoms with Gasteiger partial charge in [-0.3, -0.25) is 0 Å². The standard InChI is InChI=1S/C22H23FN4O3/c1-2-24-22(26-12-15-3-8-19-20(11-15)30-14-29-19)25-10-9-18-13-28-21(27-18)16-4-6-17(23)7-5-16/h3-8,11,13H,2,9-10,12,14H2,1H3,(H2,24,25,26). The van der Waals surface area contributed by atoms with Gasteiger partial charge in [-0.15, -0.1) is 0 Å². The van der Waals surface area contributed by atoms with Crippen molar-refractivity contribution in [3.63, 3.8) is 0 Å². The Bertz CT molecular complexity index is 1020. The molecule has 3 aromatic rings. The third-order valence-corrected chi connectivity index (χ3v) is 4.52. The number of fused-ring (bicyclic) bond motifs is 1. The number of rotatable bonds is 7. The number of oxazole rings is 1. The molecular weight excluding hydrogens is 387 g/mol. The molecule has 8 heteroatoms. The smallest absolute Gasteiger partial charge is 0.231 e. The van der Waals surface area contributed by atoms with Crippen LogP contribution in [0, 0.1) is 5.82 Å². The van der Waals surface area contributed by atoms with Gasteiger partial charge < -0.3 is 24.5 Å². The second kappa shape index (κ2) is 9.30. The van der Waals surface area contributed by atoms with Gasteiger partial charge >= 0.3 is 0 Å². The average Bonchev–Trinajstić information content (AvgIpc) is 3.41. The van der Waals surface area contributed by atoms with Gasteiger partial charge in [-0.1, -0.05) is 6.07 Å². The summed E-state index contributed by atoms with van der Waals surface area (Å²) in [5, 5.41) is 6.53. The molecule has 0 saturated carbocycles. The molecule has 0 amide bonds. The van der Waals surface area contributed by atoms with Crippen LogP contribution in [0.5, 0.6) is 11.5 Å². The molecule has 0 bridgehead atoms. The Hall–Kier alpha value is -3.55. The normalized spacial score (nSPS) is 12.8. The number of nitrogens with zero attached hydrogens (tertiary/aromatic N) is 2. The minimum atomic E-state index is -0.286. The molecule has 156 valence electrons. The van der Waals surface area contributed by atoms with Crippen LogP contribution in [-0.4, -0.2) is 30.8 Å². The van der Waals surface area contributed by atoms with E-state index in [1.165, 1.54) is 12.1 Å². The second-order valence-corrected chi connectivity index (χ2v) is 6.71. The predicted octanol–water partition coefficient (Wildman–Crippen LogP) is 3.51. The third kappa shape index (κ3) is 4.89. The van der Waals surface area contributed by atoms with E-state index < -0.39 is 0 Å². The Kier molecular flexibility index (Phi) is 6.12. The number of benzene rings is 2. The minimum Gasteiger partial charge on any atom is -0.454 e. The lowest BCUT2D eigenvalue weighted by molar-refractivity contribution is 0.174. The van der Waals surface area contributed by atoms with Gasteiger partial charge in [0.15, 0.2) is 17.5 Å². The molecule has 4 rings (SSSR count). The Morgan fingerprint density at radius 2 is 1.93 bits per heavy atom. The Labute approximate surface area is 173 Å². The molecule has 2 aromatic carbocycles. The van der Waals surface area contributed by atoms with Crippen molar-refractivity contribution in [2.24, 2.45) is 4.99 Å². The van der Waals surface area contributed by atoms with E-state index in [1.54, 1.807) is 18.4 Å². The minimum absolute atomic E-state index is 0.261. The van der Waals surface area contributed by atoms with Crippen molar-refractivity contribution in [3.8, 4) is 23.0 Å². The van der Waals surface area contributed by atoms with E-state index in [0.29, 0.717) is 25.4 Å². The first-order valence-electron chi connectivity index (χ1n) is 9.82. The summed E-state index contributed by atoms with van der Waals surface area (Å²) in [6.07, 6.45) is 2.29. The van der Waals surface area contributed by atoms with E-state index in [1.807, 2.05) is 25.1 Å². The van der Waals surface area contributed by atoms with Gasteiger partial charge in [0.05, 0.1) is 12.2 Å². The number of hydrogen-bond donors (Lipinski definition) is 2. The molecule has 1 aliphatic heterocycles. The number of hydrogen-bond acceptors (Lipinski definition) is 5. The maximum Gasteiger partial charge on any atom is 0.231 e. The van der Waals surface area contributed by atoms with Crippen LogP contribution in [0.3, 0.4) is 0 Å². The number of aromatic nitrogens is 1. The Balaban J connectivity index is 1.32. The van der Waals surface area contributed by atoms with E-state index in [9.17, 15) is 4.39 Å². The molecule has 0 spiro atoms. The van der Waals surface area contributed by atoms with Crippen LogP contribution in [-0.2, 0) is 13.0 Å². The molecule has 0 aliphatic carbocycles. The van der Waals surface area contributed by atoms with Crippen molar-refractivity contribution in [2.45, 2.75) is 19.9 Å². The van der Waals surface area contributed by atoms with Crippen LogP contribution >= 0.6 is 0 Å². The van der Waals surface area contributed by atoms with Crippen LogP contribution in [0.2, 0.25) is 0 Å². The van der Waals surface area contributed by atoms with Crippen LogP contribution in [0.4, 0.5) is 4.39 Å². The van der Waals surface area contributed by atoms with Gasteiger partial charge in [0.2, 0.25) is 12.7 Å². The fourth-order valence-corrected chi connectivity index (χ4v) is 3.01.